The van der Waals surface area contributed by atoms with Gasteiger partial charge in [0.1, 0.15) is 0 Å². The number of nitrogens with two attached hydrogens (primary N) is 1. The van der Waals surface area contributed by atoms with Crippen LogP contribution in [0, 0.1) is 12.8 Å². The maximum absolute atomic E-state index is 12.3. The quantitative estimate of drug-likeness (QED) is 0.889. The fraction of sp³-hybridized carbons (Fsp3) is 0.467. The number of rotatable bonds is 3. The molecule has 1 aliphatic rings. The van der Waals surface area contributed by atoms with Gasteiger partial charge in [0.05, 0.1) is 12.3 Å². The van der Waals surface area contributed by atoms with Gasteiger partial charge in [-0.1, -0.05) is 24.3 Å². The molecule has 1 fully saturated rings. The van der Waals surface area contributed by atoms with Crippen molar-refractivity contribution in [1.82, 2.24) is 4.90 Å². The number of carbonyl (C=O) groups is 2. The second-order valence-electron chi connectivity index (χ2n) is 5.18. The molecule has 1 unspecified atom stereocenters. The lowest BCUT2D eigenvalue weighted by Crippen LogP contribution is -2.44. The van der Waals surface area contributed by atoms with Crippen LogP contribution >= 0.6 is 0 Å². The highest BCUT2D eigenvalue weighted by molar-refractivity contribution is 5.81. The van der Waals surface area contributed by atoms with Crippen molar-refractivity contribution in [3.05, 3.63) is 35.4 Å². The first-order chi connectivity index (χ1) is 9.08. The number of amides is 2. The molecule has 0 aromatic heterocycles. The van der Waals surface area contributed by atoms with Gasteiger partial charge in [-0.05, 0) is 30.9 Å². The van der Waals surface area contributed by atoms with Gasteiger partial charge >= 0.3 is 0 Å². The van der Waals surface area contributed by atoms with Gasteiger partial charge in [-0.15, -0.1) is 0 Å². The lowest BCUT2D eigenvalue weighted by Gasteiger charge is -2.31. The SMILES string of the molecule is Cc1ccccc1CC(=O)N1CCCC(C(N)=O)C1. The Morgan fingerprint density at radius 1 is 1.37 bits per heavy atom. The Labute approximate surface area is 113 Å². The zero-order valence-corrected chi connectivity index (χ0v) is 11.3. The van der Waals surface area contributed by atoms with Crippen LogP contribution in [0.15, 0.2) is 24.3 Å². The van der Waals surface area contributed by atoms with Crippen molar-refractivity contribution >= 4 is 11.8 Å². The fourth-order valence-electron chi connectivity index (χ4n) is 2.52. The third-order valence-electron chi connectivity index (χ3n) is 3.78. The minimum Gasteiger partial charge on any atom is -0.369 e. The number of nitrogens with zero attached hydrogens (tertiary/aromatic N) is 1. The molecule has 1 saturated heterocycles. The largest absolute Gasteiger partial charge is 0.369 e. The summed E-state index contributed by atoms with van der Waals surface area (Å²) in [5.41, 5.74) is 7.50. The van der Waals surface area contributed by atoms with Crippen LogP contribution in [0.5, 0.6) is 0 Å². The van der Waals surface area contributed by atoms with E-state index in [1.54, 1.807) is 4.90 Å². The molecule has 0 aliphatic carbocycles. The van der Waals surface area contributed by atoms with Crippen molar-refractivity contribution in [3.8, 4) is 0 Å². The molecule has 1 aliphatic heterocycles. The van der Waals surface area contributed by atoms with Crippen molar-refractivity contribution in [2.45, 2.75) is 26.2 Å². The average Bonchev–Trinajstić information content (AvgIpc) is 2.41. The summed E-state index contributed by atoms with van der Waals surface area (Å²) >= 11 is 0. The van der Waals surface area contributed by atoms with Gasteiger partial charge in [0.25, 0.3) is 0 Å². The molecule has 4 nitrogen and oxygen atoms in total. The summed E-state index contributed by atoms with van der Waals surface area (Å²) in [5.74, 6) is -0.400. The highest BCUT2D eigenvalue weighted by atomic mass is 16.2. The second-order valence-corrected chi connectivity index (χ2v) is 5.18. The number of piperidine rings is 1. The van der Waals surface area contributed by atoms with Crippen LogP contribution in [-0.4, -0.2) is 29.8 Å². The molecule has 2 rings (SSSR count). The molecule has 1 aromatic carbocycles. The van der Waals surface area contributed by atoms with Crippen LogP contribution < -0.4 is 5.73 Å². The molecule has 2 N–H and O–H groups in total. The van der Waals surface area contributed by atoms with Gasteiger partial charge in [-0.2, -0.15) is 0 Å². The molecule has 19 heavy (non-hydrogen) atoms. The lowest BCUT2D eigenvalue weighted by molar-refractivity contribution is -0.134. The highest BCUT2D eigenvalue weighted by Crippen LogP contribution is 2.18. The summed E-state index contributed by atoms with van der Waals surface area (Å²) in [5, 5.41) is 0. The van der Waals surface area contributed by atoms with Crippen molar-refractivity contribution < 1.29 is 9.59 Å². The predicted molar refractivity (Wildman–Crippen MR) is 73.4 cm³/mol. The number of benzene rings is 1. The average molecular weight is 260 g/mol. The van der Waals surface area contributed by atoms with Crippen LogP contribution in [0.3, 0.4) is 0 Å². The monoisotopic (exact) mass is 260 g/mol. The van der Waals surface area contributed by atoms with E-state index in [1.165, 1.54) is 0 Å². The normalized spacial score (nSPS) is 19.2. The van der Waals surface area contributed by atoms with E-state index in [9.17, 15) is 9.59 Å². The van der Waals surface area contributed by atoms with Gasteiger partial charge < -0.3 is 10.6 Å². The third kappa shape index (κ3) is 3.34. The molecular weight excluding hydrogens is 240 g/mol. The van der Waals surface area contributed by atoms with Crippen molar-refractivity contribution in [2.24, 2.45) is 11.7 Å². The van der Waals surface area contributed by atoms with E-state index in [0.717, 1.165) is 30.5 Å². The first-order valence-corrected chi connectivity index (χ1v) is 6.69. The first-order valence-electron chi connectivity index (χ1n) is 6.69. The third-order valence-corrected chi connectivity index (χ3v) is 3.78. The first kappa shape index (κ1) is 13.6. The Morgan fingerprint density at radius 2 is 2.11 bits per heavy atom. The maximum atomic E-state index is 12.3. The molecular formula is C15H20N2O2. The predicted octanol–water partition coefficient (Wildman–Crippen LogP) is 1.26. The number of aryl methyl sites for hydroxylation is 1. The van der Waals surface area contributed by atoms with Gasteiger partial charge in [0.2, 0.25) is 11.8 Å². The molecule has 1 heterocycles. The zero-order chi connectivity index (χ0) is 13.8. The van der Waals surface area contributed by atoms with Gasteiger partial charge in [-0.3, -0.25) is 9.59 Å². The summed E-state index contributed by atoms with van der Waals surface area (Å²) in [6.45, 7) is 3.21. The highest BCUT2D eigenvalue weighted by Gasteiger charge is 2.26. The van der Waals surface area contributed by atoms with E-state index in [4.69, 9.17) is 5.73 Å². The molecule has 0 radical (unpaired) electrons. The molecule has 1 aromatic rings. The summed E-state index contributed by atoms with van der Waals surface area (Å²) < 4.78 is 0. The summed E-state index contributed by atoms with van der Waals surface area (Å²) in [6.07, 6.45) is 2.05. The molecule has 0 saturated carbocycles. The molecule has 0 bridgehead atoms. The van der Waals surface area contributed by atoms with E-state index < -0.39 is 0 Å². The van der Waals surface area contributed by atoms with Gasteiger partial charge in [0, 0.05) is 13.1 Å². The van der Waals surface area contributed by atoms with E-state index in [0.29, 0.717) is 13.0 Å². The van der Waals surface area contributed by atoms with Gasteiger partial charge in [-0.25, -0.2) is 0 Å². The molecule has 102 valence electrons. The van der Waals surface area contributed by atoms with E-state index >= 15 is 0 Å². The zero-order valence-electron chi connectivity index (χ0n) is 11.3. The van der Waals surface area contributed by atoms with Crippen LogP contribution in [0.1, 0.15) is 24.0 Å². The van der Waals surface area contributed by atoms with Crippen molar-refractivity contribution in [2.75, 3.05) is 13.1 Å². The van der Waals surface area contributed by atoms with E-state index in [2.05, 4.69) is 0 Å². The molecule has 2 amide bonds. The minimum atomic E-state index is -0.298. The standard InChI is InChI=1S/C15H20N2O2/c1-11-5-2-3-6-12(11)9-14(18)17-8-4-7-13(10-17)15(16)19/h2-3,5-6,13H,4,7-10H2,1H3,(H2,16,19). The van der Waals surface area contributed by atoms with Crippen LogP contribution in [0.4, 0.5) is 0 Å². The molecule has 0 spiro atoms. The van der Waals surface area contributed by atoms with E-state index in [-0.39, 0.29) is 17.7 Å². The second kappa shape index (κ2) is 5.87. The topological polar surface area (TPSA) is 63.4 Å². The van der Waals surface area contributed by atoms with Crippen LogP contribution in [-0.2, 0) is 16.0 Å². The summed E-state index contributed by atoms with van der Waals surface area (Å²) in [4.78, 5) is 25.3. The summed E-state index contributed by atoms with van der Waals surface area (Å²) in [6, 6.07) is 7.89. The summed E-state index contributed by atoms with van der Waals surface area (Å²) in [7, 11) is 0. The number of hydrogen-bond donors (Lipinski definition) is 1. The Balaban J connectivity index is 2.00. The van der Waals surface area contributed by atoms with Crippen LogP contribution in [0.2, 0.25) is 0 Å². The number of likely N-dealkylation sites (tertiary alicyclic amines) is 1. The Kier molecular flexibility index (Phi) is 4.20. The fourth-order valence-corrected chi connectivity index (χ4v) is 2.52. The Bertz CT molecular complexity index is 485. The minimum absolute atomic E-state index is 0.0836. The van der Waals surface area contributed by atoms with Gasteiger partial charge in [0.15, 0.2) is 0 Å². The number of hydrogen-bond acceptors (Lipinski definition) is 2. The smallest absolute Gasteiger partial charge is 0.227 e. The number of primary amides is 1. The number of carbonyl (C=O) groups excluding carboxylic acids is 2. The van der Waals surface area contributed by atoms with Crippen LogP contribution in [0.25, 0.3) is 0 Å². The maximum Gasteiger partial charge on any atom is 0.227 e. The van der Waals surface area contributed by atoms with Crippen molar-refractivity contribution in [1.29, 1.82) is 0 Å². The molecule has 1 atom stereocenters. The molecule has 4 heteroatoms. The Hall–Kier alpha value is -1.84. The van der Waals surface area contributed by atoms with Crippen molar-refractivity contribution in [3.63, 3.8) is 0 Å². The Morgan fingerprint density at radius 3 is 2.79 bits per heavy atom. The van der Waals surface area contributed by atoms with E-state index in [1.807, 2.05) is 31.2 Å². The lowest BCUT2D eigenvalue weighted by atomic mass is 9.96.